The molecule has 6 heteroatoms. The number of benzene rings is 5. The Morgan fingerprint density at radius 2 is 0.784 bits per heavy atom. The second-order valence-corrected chi connectivity index (χ2v) is 8.37. The van der Waals surface area contributed by atoms with Gasteiger partial charge in [0.1, 0.15) is 23.0 Å². The summed E-state index contributed by atoms with van der Waals surface area (Å²) in [5, 5.41) is 0. The van der Waals surface area contributed by atoms with E-state index in [-0.39, 0.29) is 0 Å². The third kappa shape index (κ3) is 5.94. The highest BCUT2D eigenvalue weighted by Crippen LogP contribution is 2.39. The summed E-state index contributed by atoms with van der Waals surface area (Å²) in [4.78, 5) is 0. The SMILES string of the molecule is Cc1ccc(Oc2ccccc2Oc2ccc(N)cc2)cc1Oc1ccccc1Oc1ccc(N)cc1. The van der Waals surface area contributed by atoms with Crippen molar-refractivity contribution < 1.29 is 18.9 Å². The molecular weight excluding hydrogens is 464 g/mol. The largest absolute Gasteiger partial charge is 0.453 e. The Kier molecular flexibility index (Phi) is 6.81. The quantitative estimate of drug-likeness (QED) is 0.213. The van der Waals surface area contributed by atoms with Crippen molar-refractivity contribution in [2.24, 2.45) is 0 Å². The highest BCUT2D eigenvalue weighted by molar-refractivity contribution is 5.52. The van der Waals surface area contributed by atoms with Gasteiger partial charge in [0, 0.05) is 17.4 Å². The summed E-state index contributed by atoms with van der Waals surface area (Å²) in [7, 11) is 0. The summed E-state index contributed by atoms with van der Waals surface area (Å²) in [6.45, 7) is 1.97. The van der Waals surface area contributed by atoms with Crippen LogP contribution in [0.1, 0.15) is 5.56 Å². The summed E-state index contributed by atoms with van der Waals surface area (Å²) >= 11 is 0. The van der Waals surface area contributed by atoms with Crippen molar-refractivity contribution in [3.05, 3.63) is 121 Å². The van der Waals surface area contributed by atoms with Crippen LogP contribution in [0.3, 0.4) is 0 Å². The molecule has 37 heavy (non-hydrogen) atoms. The summed E-state index contributed by atoms with van der Waals surface area (Å²) in [6, 6.07) is 35.1. The molecule has 0 amide bonds. The Morgan fingerprint density at radius 1 is 0.405 bits per heavy atom. The minimum atomic E-state index is 0.571. The fourth-order valence-corrected chi connectivity index (χ4v) is 3.56. The lowest BCUT2D eigenvalue weighted by atomic mass is 10.2. The molecule has 5 aromatic carbocycles. The smallest absolute Gasteiger partial charge is 0.169 e. The fraction of sp³-hybridized carbons (Fsp3) is 0.0323. The molecule has 0 atom stereocenters. The van der Waals surface area contributed by atoms with Crippen molar-refractivity contribution in [1.29, 1.82) is 0 Å². The van der Waals surface area contributed by atoms with E-state index < -0.39 is 0 Å². The van der Waals surface area contributed by atoms with Crippen LogP contribution in [0.15, 0.2) is 115 Å². The summed E-state index contributed by atoms with van der Waals surface area (Å²) in [6.07, 6.45) is 0. The van der Waals surface area contributed by atoms with Gasteiger partial charge in [-0.3, -0.25) is 0 Å². The maximum absolute atomic E-state index is 6.28. The maximum Gasteiger partial charge on any atom is 0.169 e. The number of anilines is 2. The zero-order valence-corrected chi connectivity index (χ0v) is 20.3. The lowest BCUT2D eigenvalue weighted by molar-refractivity contribution is 0.406. The van der Waals surface area contributed by atoms with E-state index in [0.717, 1.165) is 5.56 Å². The van der Waals surface area contributed by atoms with Gasteiger partial charge in [0.05, 0.1) is 0 Å². The molecule has 0 saturated heterocycles. The van der Waals surface area contributed by atoms with Gasteiger partial charge < -0.3 is 30.4 Å². The molecule has 0 radical (unpaired) electrons. The Balaban J connectivity index is 1.37. The van der Waals surface area contributed by atoms with Crippen molar-refractivity contribution in [2.45, 2.75) is 6.92 Å². The molecule has 0 aliphatic heterocycles. The lowest BCUT2D eigenvalue weighted by Gasteiger charge is -2.16. The van der Waals surface area contributed by atoms with E-state index in [1.165, 1.54) is 0 Å². The first-order valence-electron chi connectivity index (χ1n) is 11.7. The van der Waals surface area contributed by atoms with E-state index in [0.29, 0.717) is 57.4 Å². The van der Waals surface area contributed by atoms with Gasteiger partial charge in [-0.1, -0.05) is 30.3 Å². The average Bonchev–Trinajstić information content (AvgIpc) is 2.91. The zero-order chi connectivity index (χ0) is 25.6. The lowest BCUT2D eigenvalue weighted by Crippen LogP contribution is -1.94. The normalized spacial score (nSPS) is 10.5. The molecule has 5 aromatic rings. The minimum Gasteiger partial charge on any atom is -0.453 e. The number of hydrogen-bond donors (Lipinski definition) is 2. The van der Waals surface area contributed by atoms with Gasteiger partial charge in [-0.05, 0) is 91.3 Å². The average molecular weight is 491 g/mol. The molecule has 184 valence electrons. The maximum atomic E-state index is 6.28. The van der Waals surface area contributed by atoms with E-state index in [1.807, 2.05) is 97.9 Å². The van der Waals surface area contributed by atoms with Crippen LogP contribution in [-0.2, 0) is 0 Å². The molecule has 0 spiro atoms. The third-order valence-electron chi connectivity index (χ3n) is 5.52. The van der Waals surface area contributed by atoms with Crippen LogP contribution in [0, 0.1) is 6.92 Å². The van der Waals surface area contributed by atoms with Gasteiger partial charge in [0.15, 0.2) is 23.0 Å². The van der Waals surface area contributed by atoms with Gasteiger partial charge in [0.2, 0.25) is 0 Å². The molecule has 0 saturated carbocycles. The van der Waals surface area contributed by atoms with Crippen LogP contribution in [0.5, 0.6) is 46.0 Å². The number of para-hydroxylation sites is 4. The molecule has 0 aliphatic carbocycles. The van der Waals surface area contributed by atoms with Crippen molar-refractivity contribution >= 4 is 11.4 Å². The second-order valence-electron chi connectivity index (χ2n) is 8.37. The molecular formula is C31H26N2O4. The second kappa shape index (κ2) is 10.7. The van der Waals surface area contributed by atoms with E-state index in [4.69, 9.17) is 30.4 Å². The van der Waals surface area contributed by atoms with Crippen LogP contribution in [-0.4, -0.2) is 0 Å². The Morgan fingerprint density at radius 3 is 1.24 bits per heavy atom. The monoisotopic (exact) mass is 490 g/mol. The number of nitrogens with two attached hydrogens (primary N) is 2. The molecule has 0 aliphatic rings. The van der Waals surface area contributed by atoms with Crippen molar-refractivity contribution in [2.75, 3.05) is 11.5 Å². The molecule has 5 rings (SSSR count). The van der Waals surface area contributed by atoms with Gasteiger partial charge in [-0.25, -0.2) is 0 Å². The van der Waals surface area contributed by atoms with Gasteiger partial charge >= 0.3 is 0 Å². The minimum absolute atomic E-state index is 0.571. The molecule has 0 aromatic heterocycles. The van der Waals surface area contributed by atoms with Crippen LogP contribution in [0.2, 0.25) is 0 Å². The van der Waals surface area contributed by atoms with E-state index in [2.05, 4.69) is 0 Å². The van der Waals surface area contributed by atoms with E-state index in [9.17, 15) is 0 Å². The standard InChI is InChI=1S/C31H26N2O4/c1-21-10-15-26(36-28-7-3-2-6-27(28)34-24-16-11-22(32)12-17-24)20-31(21)37-30-9-5-4-8-29(30)35-25-18-13-23(33)14-19-25/h2-20H,32-33H2,1H3. The van der Waals surface area contributed by atoms with E-state index >= 15 is 0 Å². The van der Waals surface area contributed by atoms with Crippen LogP contribution in [0.25, 0.3) is 0 Å². The molecule has 6 nitrogen and oxygen atoms in total. The van der Waals surface area contributed by atoms with Crippen LogP contribution in [0.4, 0.5) is 11.4 Å². The van der Waals surface area contributed by atoms with Crippen molar-refractivity contribution in [1.82, 2.24) is 0 Å². The number of rotatable bonds is 8. The first-order valence-corrected chi connectivity index (χ1v) is 11.7. The molecule has 4 N–H and O–H groups in total. The molecule has 0 heterocycles. The van der Waals surface area contributed by atoms with Gasteiger partial charge in [-0.2, -0.15) is 0 Å². The molecule has 0 unspecified atom stereocenters. The highest BCUT2D eigenvalue weighted by atomic mass is 16.5. The van der Waals surface area contributed by atoms with Crippen LogP contribution >= 0.6 is 0 Å². The number of hydrogen-bond acceptors (Lipinski definition) is 6. The molecule has 0 bridgehead atoms. The van der Waals surface area contributed by atoms with Gasteiger partial charge in [0.25, 0.3) is 0 Å². The highest BCUT2D eigenvalue weighted by Gasteiger charge is 2.12. The van der Waals surface area contributed by atoms with Gasteiger partial charge in [-0.15, -0.1) is 0 Å². The van der Waals surface area contributed by atoms with Crippen molar-refractivity contribution in [3.63, 3.8) is 0 Å². The topological polar surface area (TPSA) is 89.0 Å². The first-order chi connectivity index (χ1) is 18.0. The first kappa shape index (κ1) is 23.6. The Labute approximate surface area is 215 Å². The summed E-state index contributed by atoms with van der Waals surface area (Å²) in [5.41, 5.74) is 13.9. The summed E-state index contributed by atoms with van der Waals surface area (Å²) < 4.78 is 24.6. The molecule has 0 fully saturated rings. The Hall–Kier alpha value is -5.10. The third-order valence-corrected chi connectivity index (χ3v) is 5.52. The number of aryl methyl sites for hydroxylation is 1. The predicted molar refractivity (Wildman–Crippen MR) is 146 cm³/mol. The van der Waals surface area contributed by atoms with Crippen molar-refractivity contribution in [3.8, 4) is 46.0 Å². The Bertz CT molecular complexity index is 1500. The fourth-order valence-electron chi connectivity index (χ4n) is 3.56. The van der Waals surface area contributed by atoms with E-state index in [1.54, 1.807) is 24.3 Å². The zero-order valence-electron chi connectivity index (χ0n) is 20.3. The predicted octanol–water partition coefficient (Wildman–Crippen LogP) is 8.33. The number of ether oxygens (including phenoxy) is 4. The number of nitrogen functional groups attached to an aromatic ring is 2. The summed E-state index contributed by atoms with van der Waals surface area (Å²) in [5.74, 6) is 4.88. The van der Waals surface area contributed by atoms with Crippen LogP contribution < -0.4 is 30.4 Å².